The maximum absolute atomic E-state index is 13.6. The SMILES string of the molecule is Fc1ccc(C=Cc2nc3cc(-c4ccco4)ccc3o2)c(F)c1. The van der Waals surface area contributed by atoms with Gasteiger partial charge in [-0.25, -0.2) is 13.8 Å². The summed E-state index contributed by atoms with van der Waals surface area (Å²) in [7, 11) is 0. The van der Waals surface area contributed by atoms with E-state index in [-0.39, 0.29) is 5.56 Å². The van der Waals surface area contributed by atoms with Gasteiger partial charge in [-0.15, -0.1) is 0 Å². The quantitative estimate of drug-likeness (QED) is 0.497. The minimum absolute atomic E-state index is 0.259. The lowest BCUT2D eigenvalue weighted by Gasteiger charge is -1.95. The molecule has 0 N–H and O–H groups in total. The molecule has 2 aromatic heterocycles. The summed E-state index contributed by atoms with van der Waals surface area (Å²) in [6, 6.07) is 12.6. The fourth-order valence-corrected chi connectivity index (χ4v) is 2.41. The maximum Gasteiger partial charge on any atom is 0.220 e. The molecule has 0 radical (unpaired) electrons. The molecule has 4 aromatic rings. The Hall–Kier alpha value is -3.21. The van der Waals surface area contributed by atoms with E-state index >= 15 is 0 Å². The summed E-state index contributed by atoms with van der Waals surface area (Å²) < 4.78 is 37.5. The lowest BCUT2D eigenvalue weighted by atomic mass is 10.1. The number of oxazole rings is 1. The third kappa shape index (κ3) is 2.72. The molecule has 5 heteroatoms. The molecule has 3 nitrogen and oxygen atoms in total. The number of benzene rings is 2. The van der Waals surface area contributed by atoms with Crippen molar-refractivity contribution in [1.29, 1.82) is 0 Å². The molecule has 4 rings (SSSR count). The van der Waals surface area contributed by atoms with Gasteiger partial charge in [0.2, 0.25) is 5.89 Å². The van der Waals surface area contributed by atoms with Crippen LogP contribution in [0.1, 0.15) is 11.5 Å². The topological polar surface area (TPSA) is 39.2 Å². The van der Waals surface area contributed by atoms with Gasteiger partial charge in [0.1, 0.15) is 22.9 Å². The van der Waals surface area contributed by atoms with Crippen LogP contribution in [0.5, 0.6) is 0 Å². The number of rotatable bonds is 3. The Labute approximate surface area is 135 Å². The van der Waals surface area contributed by atoms with Crippen LogP contribution in [0, 0.1) is 11.6 Å². The fourth-order valence-electron chi connectivity index (χ4n) is 2.41. The standard InChI is InChI=1S/C19H11F2NO2/c20-14-6-3-12(15(21)11-14)5-8-19-22-16-10-13(4-7-18(16)24-19)17-2-1-9-23-17/h1-11H. The van der Waals surface area contributed by atoms with Gasteiger partial charge in [-0.3, -0.25) is 0 Å². The predicted molar refractivity (Wildman–Crippen MR) is 87.0 cm³/mol. The Morgan fingerprint density at radius 1 is 0.958 bits per heavy atom. The lowest BCUT2D eigenvalue weighted by Crippen LogP contribution is -1.83. The van der Waals surface area contributed by atoms with Crippen LogP contribution in [0.25, 0.3) is 34.6 Å². The molecule has 0 fully saturated rings. The van der Waals surface area contributed by atoms with E-state index < -0.39 is 11.6 Å². The Morgan fingerprint density at radius 3 is 2.67 bits per heavy atom. The fraction of sp³-hybridized carbons (Fsp3) is 0. The molecular weight excluding hydrogens is 312 g/mol. The zero-order valence-electron chi connectivity index (χ0n) is 12.4. The highest BCUT2D eigenvalue weighted by molar-refractivity contribution is 5.81. The second kappa shape index (κ2) is 5.77. The molecular formula is C19H11F2NO2. The first-order valence-corrected chi connectivity index (χ1v) is 7.27. The maximum atomic E-state index is 13.6. The normalized spacial score (nSPS) is 11.6. The zero-order valence-corrected chi connectivity index (χ0v) is 12.4. The van der Waals surface area contributed by atoms with Crippen LogP contribution in [-0.2, 0) is 0 Å². The summed E-state index contributed by atoms with van der Waals surface area (Å²) in [5.41, 5.74) is 2.43. The Bertz CT molecular complexity index is 1030. The molecule has 0 bridgehead atoms. The molecule has 118 valence electrons. The van der Waals surface area contributed by atoms with E-state index in [1.807, 2.05) is 24.3 Å². The van der Waals surface area contributed by atoms with Crippen LogP contribution in [0.15, 0.2) is 63.6 Å². The van der Waals surface area contributed by atoms with Crippen LogP contribution in [-0.4, -0.2) is 4.98 Å². The molecule has 0 unspecified atom stereocenters. The Morgan fingerprint density at radius 2 is 1.88 bits per heavy atom. The van der Waals surface area contributed by atoms with Crippen LogP contribution in [0.2, 0.25) is 0 Å². The number of nitrogens with zero attached hydrogens (tertiary/aromatic N) is 1. The van der Waals surface area contributed by atoms with Gasteiger partial charge >= 0.3 is 0 Å². The molecule has 0 aliphatic heterocycles. The number of halogens is 2. The molecule has 0 spiro atoms. The van der Waals surface area contributed by atoms with Crippen molar-refractivity contribution in [2.45, 2.75) is 0 Å². The number of fused-ring (bicyclic) bond motifs is 1. The van der Waals surface area contributed by atoms with Crippen molar-refractivity contribution < 1.29 is 17.6 Å². The first kappa shape index (κ1) is 14.4. The van der Waals surface area contributed by atoms with E-state index in [4.69, 9.17) is 8.83 Å². The van der Waals surface area contributed by atoms with Gasteiger partial charge in [0.25, 0.3) is 0 Å². The van der Waals surface area contributed by atoms with Gasteiger partial charge in [0.15, 0.2) is 5.58 Å². The van der Waals surface area contributed by atoms with E-state index in [1.54, 1.807) is 18.4 Å². The molecule has 0 saturated carbocycles. The van der Waals surface area contributed by atoms with E-state index in [1.165, 1.54) is 18.2 Å². The first-order chi connectivity index (χ1) is 11.7. The third-order valence-electron chi connectivity index (χ3n) is 3.58. The molecule has 2 aromatic carbocycles. The Kier molecular flexibility index (Phi) is 3.46. The van der Waals surface area contributed by atoms with Crippen molar-refractivity contribution in [3.63, 3.8) is 0 Å². The molecule has 0 aliphatic carbocycles. The highest BCUT2D eigenvalue weighted by atomic mass is 19.1. The second-order valence-electron chi connectivity index (χ2n) is 5.21. The predicted octanol–water partition coefficient (Wildman–Crippen LogP) is 5.54. The Balaban J connectivity index is 1.66. The van der Waals surface area contributed by atoms with Crippen molar-refractivity contribution in [3.05, 3.63) is 77.9 Å². The second-order valence-corrected chi connectivity index (χ2v) is 5.21. The van der Waals surface area contributed by atoms with Gasteiger partial charge in [-0.05, 0) is 48.5 Å². The summed E-state index contributed by atoms with van der Waals surface area (Å²) >= 11 is 0. The van der Waals surface area contributed by atoms with E-state index in [0.29, 0.717) is 17.0 Å². The van der Waals surface area contributed by atoms with Crippen molar-refractivity contribution in [3.8, 4) is 11.3 Å². The van der Waals surface area contributed by atoms with Crippen molar-refractivity contribution in [2.24, 2.45) is 0 Å². The summed E-state index contributed by atoms with van der Waals surface area (Å²) in [5.74, 6) is -0.171. The average Bonchev–Trinajstić information content (AvgIpc) is 3.22. The van der Waals surface area contributed by atoms with Crippen molar-refractivity contribution >= 4 is 23.3 Å². The van der Waals surface area contributed by atoms with E-state index in [2.05, 4.69) is 4.98 Å². The minimum atomic E-state index is -0.637. The summed E-state index contributed by atoms with van der Waals surface area (Å²) in [6.45, 7) is 0. The first-order valence-electron chi connectivity index (χ1n) is 7.27. The summed E-state index contributed by atoms with van der Waals surface area (Å²) in [4.78, 5) is 4.35. The van der Waals surface area contributed by atoms with Crippen LogP contribution < -0.4 is 0 Å². The lowest BCUT2D eigenvalue weighted by molar-refractivity contribution is 0.581. The van der Waals surface area contributed by atoms with Crippen molar-refractivity contribution in [1.82, 2.24) is 4.98 Å². The van der Waals surface area contributed by atoms with Crippen LogP contribution >= 0.6 is 0 Å². The summed E-state index contributed by atoms with van der Waals surface area (Å²) in [5, 5.41) is 0. The van der Waals surface area contributed by atoms with Gasteiger partial charge < -0.3 is 8.83 Å². The van der Waals surface area contributed by atoms with E-state index in [9.17, 15) is 8.78 Å². The number of furan rings is 1. The molecule has 0 aliphatic rings. The number of hydrogen-bond donors (Lipinski definition) is 0. The summed E-state index contributed by atoms with van der Waals surface area (Å²) in [6.07, 6.45) is 4.64. The minimum Gasteiger partial charge on any atom is -0.464 e. The smallest absolute Gasteiger partial charge is 0.220 e. The van der Waals surface area contributed by atoms with Gasteiger partial charge in [-0.1, -0.05) is 0 Å². The van der Waals surface area contributed by atoms with E-state index in [0.717, 1.165) is 17.4 Å². The van der Waals surface area contributed by atoms with Crippen molar-refractivity contribution in [2.75, 3.05) is 0 Å². The molecule has 0 amide bonds. The molecule has 2 heterocycles. The number of aromatic nitrogens is 1. The largest absolute Gasteiger partial charge is 0.464 e. The third-order valence-corrected chi connectivity index (χ3v) is 3.58. The van der Waals surface area contributed by atoms with Crippen LogP contribution in [0.3, 0.4) is 0 Å². The van der Waals surface area contributed by atoms with Gasteiger partial charge in [0.05, 0.1) is 6.26 Å². The molecule has 0 atom stereocenters. The highest BCUT2D eigenvalue weighted by Crippen LogP contribution is 2.25. The highest BCUT2D eigenvalue weighted by Gasteiger charge is 2.07. The number of hydrogen-bond acceptors (Lipinski definition) is 3. The van der Waals surface area contributed by atoms with Crippen LogP contribution in [0.4, 0.5) is 8.78 Å². The molecule has 24 heavy (non-hydrogen) atoms. The van der Waals surface area contributed by atoms with Gasteiger partial charge in [-0.2, -0.15) is 0 Å². The van der Waals surface area contributed by atoms with Gasteiger partial charge in [0, 0.05) is 23.3 Å². The molecule has 0 saturated heterocycles. The zero-order chi connectivity index (χ0) is 16.5. The average molecular weight is 323 g/mol. The monoisotopic (exact) mass is 323 g/mol.